The van der Waals surface area contributed by atoms with Crippen molar-refractivity contribution in [3.63, 3.8) is 0 Å². The van der Waals surface area contributed by atoms with Crippen LogP contribution in [-0.4, -0.2) is 27.0 Å². The zero-order chi connectivity index (χ0) is 19.4. The predicted molar refractivity (Wildman–Crippen MR) is 97.1 cm³/mol. The molecule has 3 rings (SSSR count). The molecule has 0 aliphatic rings. The minimum Gasteiger partial charge on any atom is -0.474 e. The summed E-state index contributed by atoms with van der Waals surface area (Å²) in [7, 11) is 0. The fourth-order valence-electron chi connectivity index (χ4n) is 2.60. The number of carbonyl (C=O) groups excluding carboxylic acids is 1. The van der Waals surface area contributed by atoms with Crippen molar-refractivity contribution in [1.82, 2.24) is 15.3 Å². The van der Waals surface area contributed by atoms with Gasteiger partial charge >= 0.3 is 11.9 Å². The van der Waals surface area contributed by atoms with Crippen molar-refractivity contribution in [3.8, 4) is 22.4 Å². The molecule has 0 aliphatic carbocycles. The number of carboxylic acid groups (broad SMARTS) is 1. The maximum Gasteiger partial charge on any atom is 0.394 e. The summed E-state index contributed by atoms with van der Waals surface area (Å²) in [6, 6.07) is 12.0. The maximum atomic E-state index is 13.6. The Hall–Kier alpha value is -3.61. The third-order valence-corrected chi connectivity index (χ3v) is 4.00. The highest BCUT2D eigenvalue weighted by Crippen LogP contribution is 2.30. The molecule has 0 saturated heterocycles. The summed E-state index contributed by atoms with van der Waals surface area (Å²) in [5.74, 6) is -2.89. The molecule has 2 aromatic heterocycles. The van der Waals surface area contributed by atoms with E-state index in [1.165, 1.54) is 6.07 Å². The van der Waals surface area contributed by atoms with Gasteiger partial charge < -0.3 is 10.4 Å². The topological polar surface area (TPSA) is 92.2 Å². The molecule has 1 amide bonds. The van der Waals surface area contributed by atoms with Crippen molar-refractivity contribution in [3.05, 3.63) is 71.9 Å². The largest absolute Gasteiger partial charge is 0.474 e. The summed E-state index contributed by atoms with van der Waals surface area (Å²) in [4.78, 5) is 30.3. The summed E-state index contributed by atoms with van der Waals surface area (Å²) in [6.45, 7) is 1.71. The number of carbonyl (C=O) groups is 2. The molecular formula is C20H16FN3O3. The average Bonchev–Trinajstić information content (AvgIpc) is 2.68. The molecule has 6 nitrogen and oxygen atoms in total. The normalized spacial score (nSPS) is 10.4. The molecule has 7 heteroatoms. The molecule has 1 aromatic carbocycles. The number of nitrogens with one attached hydrogen (secondary N) is 1. The van der Waals surface area contributed by atoms with E-state index in [9.17, 15) is 14.0 Å². The number of benzene rings is 1. The van der Waals surface area contributed by atoms with Crippen molar-refractivity contribution in [2.45, 2.75) is 13.5 Å². The number of aromatic nitrogens is 2. The van der Waals surface area contributed by atoms with Crippen LogP contribution < -0.4 is 5.32 Å². The van der Waals surface area contributed by atoms with E-state index in [0.29, 0.717) is 17.0 Å². The summed E-state index contributed by atoms with van der Waals surface area (Å²) in [6.07, 6.45) is 3.29. The molecule has 2 heterocycles. The van der Waals surface area contributed by atoms with Gasteiger partial charge in [-0.2, -0.15) is 0 Å². The number of aryl methyl sites for hydroxylation is 1. The Morgan fingerprint density at radius 2 is 1.89 bits per heavy atom. The number of pyridine rings is 2. The van der Waals surface area contributed by atoms with E-state index in [2.05, 4.69) is 15.3 Å². The van der Waals surface area contributed by atoms with Gasteiger partial charge in [0.15, 0.2) is 0 Å². The number of rotatable bonds is 4. The summed E-state index contributed by atoms with van der Waals surface area (Å²) >= 11 is 0. The van der Waals surface area contributed by atoms with Crippen LogP contribution in [0.1, 0.15) is 11.3 Å². The van der Waals surface area contributed by atoms with Crippen molar-refractivity contribution in [2.75, 3.05) is 0 Å². The number of hydrogen-bond acceptors (Lipinski definition) is 4. The first-order chi connectivity index (χ1) is 13.0. The first-order valence-electron chi connectivity index (χ1n) is 8.13. The van der Waals surface area contributed by atoms with Crippen molar-refractivity contribution in [1.29, 1.82) is 0 Å². The highest BCUT2D eigenvalue weighted by molar-refractivity contribution is 6.31. The zero-order valence-electron chi connectivity index (χ0n) is 14.4. The van der Waals surface area contributed by atoms with Gasteiger partial charge in [-0.1, -0.05) is 12.1 Å². The number of amides is 1. The molecule has 0 radical (unpaired) electrons. The lowest BCUT2D eigenvalue weighted by atomic mass is 9.99. The Morgan fingerprint density at radius 1 is 1.11 bits per heavy atom. The van der Waals surface area contributed by atoms with Crippen LogP contribution in [0.3, 0.4) is 0 Å². The van der Waals surface area contributed by atoms with Gasteiger partial charge in [-0.05, 0) is 42.8 Å². The number of halogens is 1. The van der Waals surface area contributed by atoms with Gasteiger partial charge in [-0.3, -0.25) is 14.8 Å². The van der Waals surface area contributed by atoms with E-state index in [4.69, 9.17) is 5.11 Å². The Morgan fingerprint density at radius 3 is 2.56 bits per heavy atom. The van der Waals surface area contributed by atoms with Crippen LogP contribution >= 0.6 is 0 Å². The third-order valence-electron chi connectivity index (χ3n) is 4.00. The maximum absolute atomic E-state index is 13.6. The second-order valence-electron chi connectivity index (χ2n) is 5.89. The van der Waals surface area contributed by atoms with Gasteiger partial charge in [-0.15, -0.1) is 0 Å². The van der Waals surface area contributed by atoms with Crippen LogP contribution in [0.2, 0.25) is 0 Å². The lowest BCUT2D eigenvalue weighted by Gasteiger charge is -2.10. The second-order valence-corrected chi connectivity index (χ2v) is 5.89. The standard InChI is InChI=1S/C20H16FN3O3/c1-12-9-13(5-7-17(12)21)18-16(3-2-8-22-18)14-4-6-15(23-10-14)11-24-19(25)20(26)27/h2-10H,11H2,1H3,(H,24,25)(H,26,27). The number of hydrogen-bond donors (Lipinski definition) is 2. The monoisotopic (exact) mass is 365 g/mol. The van der Waals surface area contributed by atoms with Crippen LogP contribution in [0.4, 0.5) is 4.39 Å². The molecule has 0 atom stereocenters. The quantitative estimate of drug-likeness (QED) is 0.694. The molecule has 2 N–H and O–H groups in total. The Bertz CT molecular complexity index is 1000. The SMILES string of the molecule is Cc1cc(-c2ncccc2-c2ccc(CNC(=O)C(=O)O)nc2)ccc1F. The molecule has 27 heavy (non-hydrogen) atoms. The van der Waals surface area contributed by atoms with Gasteiger partial charge in [0.25, 0.3) is 0 Å². The van der Waals surface area contributed by atoms with Gasteiger partial charge in [0.2, 0.25) is 0 Å². The smallest absolute Gasteiger partial charge is 0.394 e. The Balaban J connectivity index is 1.88. The molecule has 0 fully saturated rings. The van der Waals surface area contributed by atoms with E-state index in [1.54, 1.807) is 43.6 Å². The van der Waals surface area contributed by atoms with E-state index < -0.39 is 11.9 Å². The molecule has 0 saturated carbocycles. The van der Waals surface area contributed by atoms with Crippen molar-refractivity contribution < 1.29 is 19.1 Å². The molecule has 0 unspecified atom stereocenters. The first kappa shape index (κ1) is 18.2. The van der Waals surface area contributed by atoms with E-state index >= 15 is 0 Å². The highest BCUT2D eigenvalue weighted by atomic mass is 19.1. The molecule has 0 spiro atoms. The van der Waals surface area contributed by atoms with Crippen LogP contribution in [0, 0.1) is 12.7 Å². The lowest BCUT2D eigenvalue weighted by Crippen LogP contribution is -2.30. The molecule has 0 bridgehead atoms. The molecule has 3 aromatic rings. The van der Waals surface area contributed by atoms with Gasteiger partial charge in [0.1, 0.15) is 5.82 Å². The van der Waals surface area contributed by atoms with E-state index in [1.807, 2.05) is 12.1 Å². The number of aliphatic carboxylic acids is 1. The predicted octanol–water partition coefficient (Wildman–Crippen LogP) is 2.96. The van der Waals surface area contributed by atoms with Crippen molar-refractivity contribution in [2.24, 2.45) is 0 Å². The van der Waals surface area contributed by atoms with Crippen LogP contribution in [0.25, 0.3) is 22.4 Å². The van der Waals surface area contributed by atoms with Crippen LogP contribution in [0.15, 0.2) is 54.9 Å². The van der Waals surface area contributed by atoms with Crippen molar-refractivity contribution >= 4 is 11.9 Å². The fraction of sp³-hybridized carbons (Fsp3) is 0.100. The lowest BCUT2D eigenvalue weighted by molar-refractivity contribution is -0.150. The summed E-state index contributed by atoms with van der Waals surface area (Å²) < 4.78 is 13.6. The average molecular weight is 365 g/mol. The number of carboxylic acids is 1. The van der Waals surface area contributed by atoms with E-state index in [0.717, 1.165) is 16.7 Å². The van der Waals surface area contributed by atoms with E-state index in [-0.39, 0.29) is 12.4 Å². The second kappa shape index (κ2) is 7.74. The van der Waals surface area contributed by atoms with Gasteiger partial charge in [0, 0.05) is 29.1 Å². The summed E-state index contributed by atoms with van der Waals surface area (Å²) in [5.41, 5.74) is 4.19. The minimum atomic E-state index is -1.54. The molecule has 0 aliphatic heterocycles. The first-order valence-corrected chi connectivity index (χ1v) is 8.13. The molecule has 136 valence electrons. The van der Waals surface area contributed by atoms with Gasteiger partial charge in [0.05, 0.1) is 17.9 Å². The van der Waals surface area contributed by atoms with Gasteiger partial charge in [-0.25, -0.2) is 9.18 Å². The Kier molecular flexibility index (Phi) is 5.21. The Labute approximate surface area is 154 Å². The van der Waals surface area contributed by atoms with Crippen LogP contribution in [0.5, 0.6) is 0 Å². The van der Waals surface area contributed by atoms with Crippen LogP contribution in [-0.2, 0) is 16.1 Å². The minimum absolute atomic E-state index is 0.0163. The summed E-state index contributed by atoms with van der Waals surface area (Å²) in [5, 5.41) is 10.8. The zero-order valence-corrected chi connectivity index (χ0v) is 14.4. The fourth-order valence-corrected chi connectivity index (χ4v) is 2.60. The molecular weight excluding hydrogens is 349 g/mol. The number of nitrogens with zero attached hydrogens (tertiary/aromatic N) is 2. The third kappa shape index (κ3) is 4.14. The highest BCUT2D eigenvalue weighted by Gasteiger charge is 2.12.